The number of esters is 1. The molecule has 2 N–H and O–H groups in total. The van der Waals surface area contributed by atoms with E-state index in [-0.39, 0.29) is 5.97 Å². The molecule has 0 aliphatic rings. The molecule has 3 aromatic heterocycles. The molecule has 0 unspecified atom stereocenters. The van der Waals surface area contributed by atoms with Gasteiger partial charge >= 0.3 is 5.97 Å². The van der Waals surface area contributed by atoms with Crippen LogP contribution in [0.1, 0.15) is 15.9 Å². The average Bonchev–Trinajstić information content (AvgIpc) is 3.94. The van der Waals surface area contributed by atoms with Crippen molar-refractivity contribution in [2.75, 3.05) is 7.11 Å². The fraction of sp³-hybridized carbons (Fsp3) is 0.0444. The van der Waals surface area contributed by atoms with Crippen LogP contribution in [0.3, 0.4) is 0 Å². The number of ether oxygens (including phenoxy) is 1. The van der Waals surface area contributed by atoms with Crippen LogP contribution in [0.15, 0.2) is 150 Å². The van der Waals surface area contributed by atoms with Gasteiger partial charge in [0.1, 0.15) is 22.8 Å². The highest BCUT2D eigenvalue weighted by molar-refractivity contribution is 6.08. The maximum Gasteiger partial charge on any atom is 0.337 e. The number of nitrogens with zero attached hydrogens (tertiary/aromatic N) is 2. The number of H-pyrrole nitrogens is 2. The Hall–Kier alpha value is -6.99. The number of carbonyl (C=O) groups is 1. The van der Waals surface area contributed by atoms with Crippen LogP contribution < -0.4 is 0 Å². The Morgan fingerprint density at radius 2 is 0.981 bits per heavy atom. The second-order valence-corrected chi connectivity index (χ2v) is 12.8. The molecule has 6 aromatic carbocycles. The molecular formula is C45H32N4O3. The van der Waals surface area contributed by atoms with E-state index in [1.54, 1.807) is 12.1 Å². The van der Waals surface area contributed by atoms with E-state index < -0.39 is 0 Å². The standard InChI is InChI=1S/C45H32N4O3/c1-27-13-15-30(16-14-27)43-46-39(28-9-5-3-6-10-28)41(48-43)33-21-23-37-35(25-33)36-26-34(22-24-38(36)52-37)42-40(29-11-7-4-8-12-29)47-44(49-42)31-17-19-32(20-18-31)45(50)51-2/h3-26H,1-2H3,(H,46,48)(H,47,49). The van der Waals surface area contributed by atoms with Gasteiger partial charge < -0.3 is 19.1 Å². The van der Waals surface area contributed by atoms with Gasteiger partial charge in [-0.1, -0.05) is 103 Å². The number of aromatic nitrogens is 4. The second-order valence-electron chi connectivity index (χ2n) is 12.8. The van der Waals surface area contributed by atoms with Gasteiger partial charge in [-0.05, 0) is 55.5 Å². The summed E-state index contributed by atoms with van der Waals surface area (Å²) < 4.78 is 11.3. The maximum atomic E-state index is 12.1. The highest BCUT2D eigenvalue weighted by Crippen LogP contribution is 2.40. The molecule has 0 spiro atoms. The normalized spacial score (nSPS) is 11.3. The molecular weight excluding hydrogens is 645 g/mol. The van der Waals surface area contributed by atoms with Gasteiger partial charge in [0.25, 0.3) is 0 Å². The number of carbonyl (C=O) groups excluding carboxylic acids is 1. The molecule has 0 aliphatic carbocycles. The first kappa shape index (κ1) is 31.0. The number of rotatable bonds is 7. The fourth-order valence-electron chi connectivity index (χ4n) is 6.73. The third-order valence-electron chi connectivity index (χ3n) is 9.45. The zero-order valence-electron chi connectivity index (χ0n) is 28.5. The summed E-state index contributed by atoms with van der Waals surface area (Å²) in [5.41, 5.74) is 12.7. The Morgan fingerprint density at radius 3 is 1.44 bits per heavy atom. The van der Waals surface area contributed by atoms with E-state index >= 15 is 0 Å². The van der Waals surface area contributed by atoms with Crippen LogP contribution in [-0.2, 0) is 4.74 Å². The zero-order chi connectivity index (χ0) is 35.2. The summed E-state index contributed by atoms with van der Waals surface area (Å²) in [6.45, 7) is 2.09. The number of aryl methyl sites for hydroxylation is 1. The lowest BCUT2D eigenvalue weighted by Crippen LogP contribution is -2.00. The average molecular weight is 677 g/mol. The van der Waals surface area contributed by atoms with Crippen molar-refractivity contribution in [1.82, 2.24) is 19.9 Å². The summed E-state index contributed by atoms with van der Waals surface area (Å²) in [4.78, 5) is 29.5. The fourth-order valence-corrected chi connectivity index (χ4v) is 6.73. The van der Waals surface area contributed by atoms with E-state index in [9.17, 15) is 4.79 Å². The topological polar surface area (TPSA) is 96.8 Å². The highest BCUT2D eigenvalue weighted by Gasteiger charge is 2.20. The Kier molecular flexibility index (Phi) is 7.59. The summed E-state index contributed by atoms with van der Waals surface area (Å²) in [7, 11) is 1.38. The number of imidazole rings is 2. The van der Waals surface area contributed by atoms with Crippen LogP contribution in [0.5, 0.6) is 0 Å². The minimum absolute atomic E-state index is 0.379. The minimum Gasteiger partial charge on any atom is -0.465 e. The first-order valence-electron chi connectivity index (χ1n) is 17.1. The van der Waals surface area contributed by atoms with Crippen LogP contribution in [-0.4, -0.2) is 33.0 Å². The first-order valence-corrected chi connectivity index (χ1v) is 17.1. The number of methoxy groups -OCH3 is 1. The Morgan fingerprint density at radius 1 is 0.538 bits per heavy atom. The largest absolute Gasteiger partial charge is 0.465 e. The number of benzene rings is 6. The third kappa shape index (κ3) is 5.54. The molecule has 0 fully saturated rings. The summed E-state index contributed by atoms with van der Waals surface area (Å²) >= 11 is 0. The molecule has 7 nitrogen and oxygen atoms in total. The van der Waals surface area contributed by atoms with Crippen molar-refractivity contribution in [3.8, 4) is 67.8 Å². The van der Waals surface area contributed by atoms with Gasteiger partial charge in [-0.25, -0.2) is 14.8 Å². The Labute approximate surface area is 299 Å². The quantitative estimate of drug-likeness (QED) is 0.164. The number of hydrogen-bond acceptors (Lipinski definition) is 5. The molecule has 0 saturated heterocycles. The molecule has 0 atom stereocenters. The van der Waals surface area contributed by atoms with Gasteiger partial charge in [-0.3, -0.25) is 0 Å². The maximum absolute atomic E-state index is 12.1. The number of furan rings is 1. The van der Waals surface area contributed by atoms with Gasteiger partial charge in [0.05, 0.1) is 35.4 Å². The van der Waals surface area contributed by atoms with Gasteiger partial charge in [-0.2, -0.15) is 0 Å². The molecule has 9 rings (SSSR count). The van der Waals surface area contributed by atoms with E-state index in [0.29, 0.717) is 11.4 Å². The van der Waals surface area contributed by atoms with Crippen LogP contribution in [0.4, 0.5) is 0 Å². The summed E-state index contributed by atoms with van der Waals surface area (Å²) in [6, 6.07) is 48.6. The third-order valence-corrected chi connectivity index (χ3v) is 9.45. The first-order chi connectivity index (χ1) is 25.5. The smallest absolute Gasteiger partial charge is 0.337 e. The lowest BCUT2D eigenvalue weighted by molar-refractivity contribution is 0.0600. The molecule has 0 saturated carbocycles. The van der Waals surface area contributed by atoms with Crippen molar-refractivity contribution < 1.29 is 13.9 Å². The molecule has 250 valence electrons. The molecule has 7 heteroatoms. The second kappa shape index (κ2) is 12.7. The van der Waals surface area contributed by atoms with E-state index in [2.05, 4.69) is 83.6 Å². The van der Waals surface area contributed by atoms with E-state index in [0.717, 1.165) is 83.9 Å². The molecule has 9 aromatic rings. The number of hydrogen-bond donors (Lipinski definition) is 2. The van der Waals surface area contributed by atoms with Crippen LogP contribution in [0, 0.1) is 6.92 Å². The highest BCUT2D eigenvalue weighted by atomic mass is 16.5. The summed E-state index contributed by atoms with van der Waals surface area (Å²) in [5, 5.41) is 1.97. The Bertz CT molecular complexity index is 2720. The lowest BCUT2D eigenvalue weighted by atomic mass is 10.0. The van der Waals surface area contributed by atoms with Crippen LogP contribution >= 0.6 is 0 Å². The van der Waals surface area contributed by atoms with Crippen LogP contribution in [0.25, 0.3) is 89.7 Å². The van der Waals surface area contributed by atoms with Gasteiger partial charge in [-0.15, -0.1) is 0 Å². The van der Waals surface area contributed by atoms with Crippen molar-refractivity contribution in [1.29, 1.82) is 0 Å². The number of aromatic amines is 2. The van der Waals surface area contributed by atoms with Crippen molar-refractivity contribution in [3.05, 3.63) is 157 Å². The summed E-state index contributed by atoms with van der Waals surface area (Å²) in [5.74, 6) is 1.13. The Balaban J connectivity index is 1.17. The van der Waals surface area contributed by atoms with Crippen molar-refractivity contribution in [3.63, 3.8) is 0 Å². The van der Waals surface area contributed by atoms with Crippen molar-refractivity contribution >= 4 is 27.9 Å². The SMILES string of the molecule is COC(=O)c1ccc(-c2nc(-c3ccc4oc5ccc(-c6nc(-c7ccc(C)cc7)[nH]c6-c6ccccc6)cc5c4c3)c(-c3ccccc3)[nH]2)cc1. The van der Waals surface area contributed by atoms with E-state index in [4.69, 9.17) is 19.1 Å². The molecule has 0 aliphatic heterocycles. The van der Waals surface area contributed by atoms with E-state index in [1.807, 2.05) is 66.7 Å². The van der Waals surface area contributed by atoms with Gasteiger partial charge in [0.15, 0.2) is 0 Å². The molecule has 0 bridgehead atoms. The van der Waals surface area contributed by atoms with Gasteiger partial charge in [0, 0.05) is 44.2 Å². The number of fused-ring (bicyclic) bond motifs is 3. The predicted molar refractivity (Wildman–Crippen MR) is 207 cm³/mol. The molecule has 0 radical (unpaired) electrons. The molecule has 0 amide bonds. The predicted octanol–water partition coefficient (Wildman–Crippen LogP) is 11.1. The molecule has 3 heterocycles. The van der Waals surface area contributed by atoms with Gasteiger partial charge in [0.2, 0.25) is 0 Å². The summed E-state index contributed by atoms with van der Waals surface area (Å²) in [6.07, 6.45) is 0. The minimum atomic E-state index is -0.379. The zero-order valence-corrected chi connectivity index (χ0v) is 28.5. The monoisotopic (exact) mass is 676 g/mol. The lowest BCUT2D eigenvalue weighted by Gasteiger charge is -2.04. The van der Waals surface area contributed by atoms with E-state index in [1.165, 1.54) is 12.7 Å². The van der Waals surface area contributed by atoms with Crippen molar-refractivity contribution in [2.24, 2.45) is 0 Å². The number of nitrogens with one attached hydrogen (secondary N) is 2. The van der Waals surface area contributed by atoms with Crippen LogP contribution in [0.2, 0.25) is 0 Å². The molecule has 52 heavy (non-hydrogen) atoms. The van der Waals surface area contributed by atoms with Crippen molar-refractivity contribution in [2.45, 2.75) is 6.92 Å².